The second kappa shape index (κ2) is 4.56. The molecule has 0 atom stereocenters. The first-order valence-electron chi connectivity index (χ1n) is 4.94. The van der Waals surface area contributed by atoms with Crippen LogP contribution < -0.4 is 0 Å². The second-order valence-corrected chi connectivity index (χ2v) is 3.55. The lowest BCUT2D eigenvalue weighted by molar-refractivity contribution is -0.137. The molecule has 0 unspecified atom stereocenters. The molecule has 1 aromatic carbocycles. The molecule has 0 saturated carbocycles. The van der Waals surface area contributed by atoms with Crippen molar-refractivity contribution in [3.63, 3.8) is 0 Å². The average Bonchev–Trinajstić information content (AvgIpc) is 2.38. The minimum absolute atomic E-state index is 0.104. The van der Waals surface area contributed by atoms with E-state index in [1.54, 1.807) is 0 Å². The zero-order valence-corrected chi connectivity index (χ0v) is 8.98. The van der Waals surface area contributed by atoms with Crippen molar-refractivity contribution in [2.24, 2.45) is 0 Å². The largest absolute Gasteiger partial charge is 0.417 e. The van der Waals surface area contributed by atoms with Gasteiger partial charge in [-0.3, -0.25) is 4.79 Å². The molecule has 0 radical (unpaired) electrons. The van der Waals surface area contributed by atoms with Crippen molar-refractivity contribution in [3.05, 3.63) is 48.0 Å². The minimum atomic E-state index is -4.49. The Bertz CT molecular complexity index is 567. The maximum Gasteiger partial charge on any atom is 0.417 e. The number of benzene rings is 1. The van der Waals surface area contributed by atoms with Crippen LogP contribution in [0.3, 0.4) is 0 Å². The number of halogens is 3. The quantitative estimate of drug-likeness (QED) is 0.771. The molecule has 2 rings (SSSR count). The lowest BCUT2D eigenvalue weighted by Crippen LogP contribution is -2.07. The Kier molecular flexibility index (Phi) is 3.10. The van der Waals surface area contributed by atoms with E-state index < -0.39 is 11.7 Å². The van der Waals surface area contributed by atoms with E-state index in [4.69, 9.17) is 0 Å². The Labute approximate surface area is 100 Å². The molecule has 0 aliphatic heterocycles. The van der Waals surface area contributed by atoms with Gasteiger partial charge in [-0.05, 0) is 17.7 Å². The predicted molar refractivity (Wildman–Crippen MR) is 57.9 cm³/mol. The van der Waals surface area contributed by atoms with E-state index >= 15 is 0 Å². The molecule has 6 heteroatoms. The number of aromatic nitrogens is 2. The Balaban J connectivity index is 2.66. The van der Waals surface area contributed by atoms with Crippen LogP contribution in [0.2, 0.25) is 0 Å². The topological polar surface area (TPSA) is 42.9 Å². The lowest BCUT2D eigenvalue weighted by atomic mass is 9.99. The fraction of sp³-hybridized carbons (Fsp3) is 0.0833. The highest BCUT2D eigenvalue weighted by Crippen LogP contribution is 2.36. The summed E-state index contributed by atoms with van der Waals surface area (Å²) in [7, 11) is 0. The summed E-state index contributed by atoms with van der Waals surface area (Å²) in [5.41, 5.74) is -0.536. The van der Waals surface area contributed by atoms with Gasteiger partial charge in [0.2, 0.25) is 0 Å². The molecule has 0 spiro atoms. The second-order valence-electron chi connectivity index (χ2n) is 3.55. The predicted octanol–water partition coefficient (Wildman–Crippen LogP) is 2.97. The van der Waals surface area contributed by atoms with E-state index in [-0.39, 0.29) is 16.7 Å². The van der Waals surface area contributed by atoms with Crippen LogP contribution in [-0.2, 0) is 6.18 Å². The van der Waals surface area contributed by atoms with Crippen molar-refractivity contribution in [2.45, 2.75) is 6.18 Å². The van der Waals surface area contributed by atoms with E-state index in [1.165, 1.54) is 24.8 Å². The van der Waals surface area contributed by atoms with Crippen molar-refractivity contribution in [1.29, 1.82) is 0 Å². The SMILES string of the molecule is O=Cc1ccc(C(F)(F)F)c(-c2cncnc2)c1. The summed E-state index contributed by atoms with van der Waals surface area (Å²) >= 11 is 0. The summed E-state index contributed by atoms with van der Waals surface area (Å²) in [4.78, 5) is 18.0. The molecular formula is C12H7F3N2O. The third-order valence-electron chi connectivity index (χ3n) is 2.36. The van der Waals surface area contributed by atoms with E-state index in [0.29, 0.717) is 6.29 Å². The van der Waals surface area contributed by atoms with Crippen molar-refractivity contribution < 1.29 is 18.0 Å². The van der Waals surface area contributed by atoms with E-state index in [0.717, 1.165) is 12.1 Å². The number of rotatable bonds is 2. The number of hydrogen-bond donors (Lipinski definition) is 0. The molecule has 18 heavy (non-hydrogen) atoms. The lowest BCUT2D eigenvalue weighted by Gasteiger charge is -2.12. The first kappa shape index (κ1) is 12.2. The highest BCUT2D eigenvalue weighted by molar-refractivity contribution is 5.80. The number of nitrogens with zero attached hydrogens (tertiary/aromatic N) is 2. The van der Waals surface area contributed by atoms with Crippen LogP contribution in [-0.4, -0.2) is 16.3 Å². The molecule has 1 aromatic heterocycles. The Morgan fingerprint density at radius 3 is 2.33 bits per heavy atom. The van der Waals surface area contributed by atoms with Crippen LogP contribution in [0.4, 0.5) is 13.2 Å². The number of alkyl halides is 3. The van der Waals surface area contributed by atoms with Crippen molar-refractivity contribution in [2.75, 3.05) is 0 Å². The number of hydrogen-bond acceptors (Lipinski definition) is 3. The van der Waals surface area contributed by atoms with Crippen molar-refractivity contribution in [1.82, 2.24) is 9.97 Å². The highest BCUT2D eigenvalue weighted by Gasteiger charge is 2.33. The van der Waals surface area contributed by atoms with Gasteiger partial charge in [-0.15, -0.1) is 0 Å². The van der Waals surface area contributed by atoms with Gasteiger partial charge in [0.05, 0.1) is 5.56 Å². The first-order valence-corrected chi connectivity index (χ1v) is 4.94. The number of carbonyl (C=O) groups excluding carboxylic acids is 1. The summed E-state index contributed by atoms with van der Waals surface area (Å²) in [5.74, 6) is 0. The van der Waals surface area contributed by atoms with Crippen LogP contribution in [0, 0.1) is 0 Å². The molecule has 0 fully saturated rings. The van der Waals surface area contributed by atoms with Crippen LogP contribution in [0.15, 0.2) is 36.9 Å². The zero-order chi connectivity index (χ0) is 13.2. The van der Waals surface area contributed by atoms with Crippen LogP contribution in [0.25, 0.3) is 11.1 Å². The molecule has 92 valence electrons. The molecule has 1 heterocycles. The average molecular weight is 252 g/mol. The minimum Gasteiger partial charge on any atom is -0.298 e. The summed E-state index contributed by atoms with van der Waals surface area (Å²) < 4.78 is 38.5. The van der Waals surface area contributed by atoms with E-state index in [1.807, 2.05) is 0 Å². The van der Waals surface area contributed by atoms with Gasteiger partial charge in [-0.2, -0.15) is 13.2 Å². The Morgan fingerprint density at radius 2 is 1.78 bits per heavy atom. The van der Waals surface area contributed by atoms with E-state index in [2.05, 4.69) is 9.97 Å². The van der Waals surface area contributed by atoms with Gasteiger partial charge in [0.15, 0.2) is 0 Å². The fourth-order valence-electron chi connectivity index (χ4n) is 1.56. The molecule has 0 saturated heterocycles. The van der Waals surface area contributed by atoms with Crippen molar-refractivity contribution >= 4 is 6.29 Å². The molecule has 0 aliphatic carbocycles. The summed E-state index contributed by atoms with van der Waals surface area (Å²) in [6, 6.07) is 3.18. The molecular weight excluding hydrogens is 245 g/mol. The number of carbonyl (C=O) groups is 1. The summed E-state index contributed by atoms with van der Waals surface area (Å²) in [6.45, 7) is 0. The summed E-state index contributed by atoms with van der Waals surface area (Å²) in [5, 5.41) is 0. The molecule has 3 nitrogen and oxygen atoms in total. The molecule has 0 N–H and O–H groups in total. The van der Waals surface area contributed by atoms with Gasteiger partial charge >= 0.3 is 6.18 Å². The fourth-order valence-corrected chi connectivity index (χ4v) is 1.56. The first-order chi connectivity index (χ1) is 8.52. The van der Waals surface area contributed by atoms with Crippen LogP contribution in [0.5, 0.6) is 0 Å². The normalized spacial score (nSPS) is 11.3. The molecule has 0 bridgehead atoms. The molecule has 0 amide bonds. The third kappa shape index (κ3) is 2.37. The molecule has 0 aliphatic rings. The Morgan fingerprint density at radius 1 is 1.11 bits per heavy atom. The van der Waals surface area contributed by atoms with Gasteiger partial charge in [-0.25, -0.2) is 9.97 Å². The van der Waals surface area contributed by atoms with Gasteiger partial charge in [0, 0.05) is 23.5 Å². The van der Waals surface area contributed by atoms with Gasteiger partial charge in [0.25, 0.3) is 0 Å². The maximum atomic E-state index is 12.8. The van der Waals surface area contributed by atoms with Gasteiger partial charge in [-0.1, -0.05) is 6.07 Å². The summed E-state index contributed by atoms with van der Waals surface area (Å²) in [6.07, 6.45) is -0.237. The maximum absolute atomic E-state index is 12.8. The Hall–Kier alpha value is -2.24. The standard InChI is InChI=1S/C12H7F3N2O/c13-12(14,15)11-2-1-8(6-18)3-10(11)9-4-16-7-17-5-9/h1-7H. The third-order valence-corrected chi connectivity index (χ3v) is 2.36. The van der Waals surface area contributed by atoms with Gasteiger partial charge in [0.1, 0.15) is 12.6 Å². The molecule has 2 aromatic rings. The zero-order valence-electron chi connectivity index (χ0n) is 8.98. The van der Waals surface area contributed by atoms with Crippen LogP contribution >= 0.6 is 0 Å². The van der Waals surface area contributed by atoms with E-state index in [9.17, 15) is 18.0 Å². The van der Waals surface area contributed by atoms with Crippen molar-refractivity contribution in [3.8, 4) is 11.1 Å². The smallest absolute Gasteiger partial charge is 0.298 e. The monoisotopic (exact) mass is 252 g/mol. The highest BCUT2D eigenvalue weighted by atomic mass is 19.4. The van der Waals surface area contributed by atoms with Gasteiger partial charge < -0.3 is 0 Å². The van der Waals surface area contributed by atoms with Crippen LogP contribution in [0.1, 0.15) is 15.9 Å². The number of aldehydes is 1.